The highest BCUT2D eigenvalue weighted by Gasteiger charge is 2.08. The summed E-state index contributed by atoms with van der Waals surface area (Å²) in [6.45, 7) is 0. The maximum atomic E-state index is 4.21. The quantitative estimate of drug-likeness (QED) is 0.547. The molecule has 3 rings (SSSR count). The SMILES string of the molecule is c1cnc2[nH]c3nc[nH+]cc3c2c1. The summed E-state index contributed by atoms with van der Waals surface area (Å²) < 4.78 is 0. The minimum atomic E-state index is 0.868. The lowest BCUT2D eigenvalue weighted by molar-refractivity contribution is -0.380. The molecule has 0 radical (unpaired) electrons. The molecule has 0 amide bonds. The number of rotatable bonds is 0. The Morgan fingerprint density at radius 3 is 3.08 bits per heavy atom. The summed E-state index contributed by atoms with van der Waals surface area (Å²) in [7, 11) is 0. The average molecular weight is 171 g/mol. The summed E-state index contributed by atoms with van der Waals surface area (Å²) in [5.74, 6) is 0. The van der Waals surface area contributed by atoms with Crippen LogP contribution in [0.25, 0.3) is 22.1 Å². The summed E-state index contributed by atoms with van der Waals surface area (Å²) >= 11 is 0. The molecule has 4 nitrogen and oxygen atoms in total. The third-order valence-corrected chi connectivity index (χ3v) is 2.09. The van der Waals surface area contributed by atoms with Crippen molar-refractivity contribution >= 4 is 22.1 Å². The molecule has 4 heteroatoms. The van der Waals surface area contributed by atoms with E-state index in [1.807, 2.05) is 18.3 Å². The molecular weight excluding hydrogens is 164 g/mol. The topological polar surface area (TPSA) is 55.7 Å². The first-order valence-corrected chi connectivity index (χ1v) is 4.03. The number of nitrogens with one attached hydrogen (secondary N) is 2. The molecule has 3 aromatic rings. The Balaban J connectivity index is 2.64. The molecule has 0 aromatic carbocycles. The average Bonchev–Trinajstić information content (AvgIpc) is 2.56. The van der Waals surface area contributed by atoms with Gasteiger partial charge in [0.1, 0.15) is 11.8 Å². The molecule has 0 atom stereocenters. The van der Waals surface area contributed by atoms with Crippen molar-refractivity contribution in [3.63, 3.8) is 0 Å². The van der Waals surface area contributed by atoms with Crippen LogP contribution in [0.3, 0.4) is 0 Å². The molecule has 62 valence electrons. The highest BCUT2D eigenvalue weighted by atomic mass is 14.9. The highest BCUT2D eigenvalue weighted by molar-refractivity contribution is 6.03. The zero-order chi connectivity index (χ0) is 8.67. The monoisotopic (exact) mass is 171 g/mol. The van der Waals surface area contributed by atoms with Crippen LogP contribution in [0, 0.1) is 0 Å². The van der Waals surface area contributed by atoms with Crippen molar-refractivity contribution in [1.29, 1.82) is 0 Å². The molecule has 0 unspecified atom stereocenters. The van der Waals surface area contributed by atoms with E-state index in [2.05, 4.69) is 19.9 Å². The third-order valence-electron chi connectivity index (χ3n) is 2.09. The number of aromatic amines is 2. The highest BCUT2D eigenvalue weighted by Crippen LogP contribution is 2.19. The van der Waals surface area contributed by atoms with E-state index >= 15 is 0 Å². The fraction of sp³-hybridized carbons (Fsp3) is 0. The molecule has 0 saturated heterocycles. The van der Waals surface area contributed by atoms with Crippen molar-refractivity contribution in [2.24, 2.45) is 0 Å². The van der Waals surface area contributed by atoms with Crippen molar-refractivity contribution in [1.82, 2.24) is 15.0 Å². The normalized spacial score (nSPS) is 11.1. The lowest BCUT2D eigenvalue weighted by Crippen LogP contribution is -1.99. The minimum absolute atomic E-state index is 0.868. The third kappa shape index (κ3) is 0.823. The fourth-order valence-corrected chi connectivity index (χ4v) is 1.50. The second-order valence-electron chi connectivity index (χ2n) is 2.86. The van der Waals surface area contributed by atoms with Crippen LogP contribution in [0.2, 0.25) is 0 Å². The Bertz CT molecular complexity index is 519. The van der Waals surface area contributed by atoms with Gasteiger partial charge in [-0.25, -0.2) is 9.97 Å². The van der Waals surface area contributed by atoms with Crippen LogP contribution < -0.4 is 4.98 Å². The van der Waals surface area contributed by atoms with Crippen LogP contribution in [0.15, 0.2) is 30.9 Å². The van der Waals surface area contributed by atoms with Gasteiger partial charge < -0.3 is 4.98 Å². The van der Waals surface area contributed by atoms with Crippen LogP contribution in [0.5, 0.6) is 0 Å². The molecule has 0 saturated carbocycles. The van der Waals surface area contributed by atoms with Gasteiger partial charge in [-0.3, -0.25) is 0 Å². The van der Waals surface area contributed by atoms with Crippen molar-refractivity contribution in [2.45, 2.75) is 0 Å². The summed E-state index contributed by atoms with van der Waals surface area (Å²) in [5, 5.41) is 2.17. The summed E-state index contributed by atoms with van der Waals surface area (Å²) in [6.07, 6.45) is 5.34. The van der Waals surface area contributed by atoms with Crippen LogP contribution in [0.4, 0.5) is 0 Å². The van der Waals surface area contributed by atoms with Gasteiger partial charge in [-0.2, -0.15) is 0 Å². The number of aromatic nitrogens is 4. The Labute approximate surface area is 73.7 Å². The lowest BCUT2D eigenvalue weighted by Gasteiger charge is -1.83. The van der Waals surface area contributed by atoms with E-state index in [1.54, 1.807) is 12.5 Å². The van der Waals surface area contributed by atoms with Gasteiger partial charge in [0.25, 0.3) is 12.0 Å². The van der Waals surface area contributed by atoms with E-state index in [1.165, 1.54) is 0 Å². The van der Waals surface area contributed by atoms with Crippen LogP contribution in [-0.4, -0.2) is 15.0 Å². The van der Waals surface area contributed by atoms with Gasteiger partial charge in [0, 0.05) is 11.6 Å². The van der Waals surface area contributed by atoms with Crippen molar-refractivity contribution in [3.8, 4) is 0 Å². The van der Waals surface area contributed by atoms with E-state index < -0.39 is 0 Å². The van der Waals surface area contributed by atoms with Gasteiger partial charge in [-0.1, -0.05) is 0 Å². The molecule has 2 N–H and O–H groups in total. The molecule has 0 fully saturated rings. The number of nitrogens with zero attached hydrogens (tertiary/aromatic N) is 2. The van der Waals surface area contributed by atoms with Gasteiger partial charge in [0.05, 0.1) is 5.39 Å². The van der Waals surface area contributed by atoms with Crippen LogP contribution in [-0.2, 0) is 0 Å². The number of hydrogen-bond acceptors (Lipinski definition) is 2. The van der Waals surface area contributed by atoms with E-state index in [-0.39, 0.29) is 0 Å². The predicted molar refractivity (Wildman–Crippen MR) is 48.0 cm³/mol. The zero-order valence-electron chi connectivity index (χ0n) is 6.78. The van der Waals surface area contributed by atoms with Crippen molar-refractivity contribution in [2.75, 3.05) is 0 Å². The lowest BCUT2D eigenvalue weighted by atomic mass is 10.3. The Morgan fingerprint density at radius 2 is 2.08 bits per heavy atom. The first kappa shape index (κ1) is 6.54. The Morgan fingerprint density at radius 1 is 1.15 bits per heavy atom. The van der Waals surface area contributed by atoms with E-state index in [4.69, 9.17) is 0 Å². The van der Waals surface area contributed by atoms with Crippen molar-refractivity contribution in [3.05, 3.63) is 30.9 Å². The summed E-state index contributed by atoms with van der Waals surface area (Å²) in [5.41, 5.74) is 1.75. The molecule has 0 aliphatic carbocycles. The first-order valence-electron chi connectivity index (χ1n) is 4.03. The molecule has 3 heterocycles. The van der Waals surface area contributed by atoms with Gasteiger partial charge in [-0.15, -0.1) is 0 Å². The number of hydrogen-bond donors (Lipinski definition) is 1. The maximum Gasteiger partial charge on any atom is 0.286 e. The fourth-order valence-electron chi connectivity index (χ4n) is 1.50. The zero-order valence-corrected chi connectivity index (χ0v) is 6.78. The molecule has 0 aliphatic heterocycles. The molecule has 0 spiro atoms. The van der Waals surface area contributed by atoms with E-state index in [0.29, 0.717) is 0 Å². The smallest absolute Gasteiger partial charge is 0.286 e. The number of H-pyrrole nitrogens is 2. The van der Waals surface area contributed by atoms with Gasteiger partial charge in [0.15, 0.2) is 0 Å². The molecule has 3 aromatic heterocycles. The molecule has 13 heavy (non-hydrogen) atoms. The van der Waals surface area contributed by atoms with E-state index in [0.717, 1.165) is 22.1 Å². The number of fused-ring (bicyclic) bond motifs is 3. The predicted octanol–water partition coefficient (Wildman–Crippen LogP) is 0.925. The van der Waals surface area contributed by atoms with Crippen LogP contribution in [0.1, 0.15) is 0 Å². The summed E-state index contributed by atoms with van der Waals surface area (Å²) in [4.78, 5) is 14.5. The van der Waals surface area contributed by atoms with Gasteiger partial charge in [-0.05, 0) is 17.1 Å². The standard InChI is InChI=1S/C9H6N4/c1-2-6-7-4-10-5-12-9(7)13-8(6)11-3-1/h1-5H,(H,10,11,12,13)/p+1. The Kier molecular flexibility index (Phi) is 1.14. The van der Waals surface area contributed by atoms with Gasteiger partial charge in [0.2, 0.25) is 0 Å². The minimum Gasteiger partial charge on any atom is -0.303 e. The van der Waals surface area contributed by atoms with Gasteiger partial charge >= 0.3 is 0 Å². The first-order chi connectivity index (χ1) is 6.45. The second kappa shape index (κ2) is 2.26. The second-order valence-corrected chi connectivity index (χ2v) is 2.86. The number of pyridine rings is 1. The molecule has 0 aliphatic rings. The van der Waals surface area contributed by atoms with E-state index in [9.17, 15) is 0 Å². The van der Waals surface area contributed by atoms with Crippen molar-refractivity contribution < 1.29 is 4.98 Å². The summed E-state index contributed by atoms with van der Waals surface area (Å²) in [6, 6.07) is 3.94. The Hall–Kier alpha value is -1.97. The maximum absolute atomic E-state index is 4.21. The molecule has 0 bridgehead atoms. The molecular formula is C9H7N4+. The largest absolute Gasteiger partial charge is 0.303 e. The van der Waals surface area contributed by atoms with Crippen LogP contribution >= 0.6 is 0 Å².